The number of hydrogen-bond donors (Lipinski definition) is 4. The summed E-state index contributed by atoms with van der Waals surface area (Å²) in [6.07, 6.45) is 2.96. The highest BCUT2D eigenvalue weighted by atomic mass is 35.5. The first-order chi connectivity index (χ1) is 15.2. The van der Waals surface area contributed by atoms with Crippen molar-refractivity contribution in [1.29, 1.82) is 0 Å². The van der Waals surface area contributed by atoms with Gasteiger partial charge in [0, 0.05) is 26.9 Å². The van der Waals surface area contributed by atoms with Gasteiger partial charge in [-0.15, -0.1) is 0 Å². The molecule has 6 nitrogen and oxygen atoms in total. The molecule has 0 radical (unpaired) electrons. The van der Waals surface area contributed by atoms with Crippen molar-refractivity contribution in [3.8, 4) is 0 Å². The molecule has 0 aliphatic rings. The summed E-state index contributed by atoms with van der Waals surface area (Å²) in [5.74, 6) is -0.610. The van der Waals surface area contributed by atoms with E-state index in [4.69, 9.17) is 34.7 Å². The minimum atomic E-state index is -1.27. The van der Waals surface area contributed by atoms with Gasteiger partial charge in [-0.1, -0.05) is 23.2 Å². The lowest BCUT2D eigenvalue weighted by molar-refractivity contribution is 0.0802. The van der Waals surface area contributed by atoms with Crippen LogP contribution in [-0.2, 0) is 11.2 Å². The molecule has 0 unspecified atom stereocenters. The SMILES string of the molecule is CC(C)(O)c1c(N)cnc2ccc(Cl)c(F)c12.CC(C)(O)c1c(N)cnc2ccc(Cl)cc12. The van der Waals surface area contributed by atoms with E-state index in [0.717, 1.165) is 10.9 Å². The lowest BCUT2D eigenvalue weighted by atomic mass is 9.93. The first kappa shape index (κ1) is 24.9. The van der Waals surface area contributed by atoms with Gasteiger partial charge in [-0.05, 0) is 58.0 Å². The zero-order chi connectivity index (χ0) is 24.7. The Morgan fingerprint density at radius 1 is 0.818 bits per heavy atom. The van der Waals surface area contributed by atoms with Gasteiger partial charge in [-0.2, -0.15) is 0 Å². The molecule has 6 N–H and O–H groups in total. The molecular formula is C24H25Cl2FN4O2. The fourth-order valence-corrected chi connectivity index (χ4v) is 4.09. The molecule has 0 bridgehead atoms. The lowest BCUT2D eigenvalue weighted by Crippen LogP contribution is -2.19. The van der Waals surface area contributed by atoms with Crippen molar-refractivity contribution in [3.05, 3.63) is 69.7 Å². The van der Waals surface area contributed by atoms with E-state index in [2.05, 4.69) is 9.97 Å². The van der Waals surface area contributed by atoms with Gasteiger partial charge in [0.05, 0.1) is 51.0 Å². The molecule has 0 spiro atoms. The average Bonchev–Trinajstić information content (AvgIpc) is 2.69. The maximum atomic E-state index is 14.0. The predicted molar refractivity (Wildman–Crippen MR) is 133 cm³/mol. The minimum absolute atomic E-state index is 0.0181. The number of fused-ring (bicyclic) bond motifs is 2. The number of hydrogen-bond acceptors (Lipinski definition) is 6. The van der Waals surface area contributed by atoms with Crippen molar-refractivity contribution in [1.82, 2.24) is 9.97 Å². The van der Waals surface area contributed by atoms with Crippen molar-refractivity contribution in [2.75, 3.05) is 11.5 Å². The summed E-state index contributed by atoms with van der Waals surface area (Å²) in [6.45, 7) is 6.47. The van der Waals surface area contributed by atoms with Gasteiger partial charge in [0.15, 0.2) is 5.82 Å². The highest BCUT2D eigenvalue weighted by molar-refractivity contribution is 6.31. The molecule has 0 amide bonds. The van der Waals surface area contributed by atoms with Gasteiger partial charge in [0.2, 0.25) is 0 Å². The predicted octanol–water partition coefficient (Wildman–Crippen LogP) is 5.53. The fourth-order valence-electron chi connectivity index (χ4n) is 3.76. The van der Waals surface area contributed by atoms with E-state index in [-0.39, 0.29) is 16.1 Å². The Balaban J connectivity index is 0.000000186. The smallest absolute Gasteiger partial charge is 0.151 e. The number of anilines is 2. The van der Waals surface area contributed by atoms with E-state index in [1.165, 1.54) is 12.3 Å². The molecule has 0 saturated heterocycles. The Bertz CT molecular complexity index is 1340. The summed E-state index contributed by atoms with van der Waals surface area (Å²) in [5.41, 5.74) is 12.2. The molecule has 4 aromatic rings. The number of rotatable bonds is 2. The van der Waals surface area contributed by atoms with E-state index in [1.54, 1.807) is 52.1 Å². The number of nitrogens with zero attached hydrogens (tertiary/aromatic N) is 2. The zero-order valence-electron chi connectivity index (χ0n) is 18.6. The van der Waals surface area contributed by atoms with Gasteiger partial charge in [0.25, 0.3) is 0 Å². The van der Waals surface area contributed by atoms with Crippen molar-refractivity contribution in [2.45, 2.75) is 38.9 Å². The third-order valence-electron chi connectivity index (χ3n) is 5.04. The minimum Gasteiger partial charge on any atom is -0.397 e. The van der Waals surface area contributed by atoms with Crippen LogP contribution in [0.25, 0.3) is 21.8 Å². The summed E-state index contributed by atoms with van der Waals surface area (Å²) in [6, 6.07) is 8.37. The molecule has 9 heteroatoms. The topological polar surface area (TPSA) is 118 Å². The fraction of sp³-hybridized carbons (Fsp3) is 0.250. The molecule has 4 rings (SSSR count). The zero-order valence-corrected chi connectivity index (χ0v) is 20.1. The Morgan fingerprint density at radius 2 is 1.33 bits per heavy atom. The standard InChI is InChI=1S/C12H12ClFN2O.C12H13ClN2O/c1-12(2,17)10-7(15)5-16-8-4-3-6(13)11(14)9(8)10;1-12(2,16)11-8-5-7(13)3-4-10(8)15-6-9(11)14/h3-5,17H,15H2,1-2H3;3-6,16H,14H2,1-2H3. The van der Waals surface area contributed by atoms with E-state index in [1.807, 2.05) is 6.07 Å². The molecule has 174 valence electrons. The van der Waals surface area contributed by atoms with E-state index in [9.17, 15) is 14.6 Å². The van der Waals surface area contributed by atoms with Gasteiger partial charge in [-0.25, -0.2) is 4.39 Å². The molecule has 2 aromatic heterocycles. The molecular weight excluding hydrogens is 466 g/mol. The summed E-state index contributed by atoms with van der Waals surface area (Å²) >= 11 is 11.7. The quantitative estimate of drug-likeness (QED) is 0.293. The molecule has 0 saturated carbocycles. The molecule has 0 aliphatic heterocycles. The maximum absolute atomic E-state index is 14.0. The van der Waals surface area contributed by atoms with Crippen LogP contribution >= 0.6 is 23.2 Å². The van der Waals surface area contributed by atoms with Crippen molar-refractivity contribution in [3.63, 3.8) is 0 Å². The van der Waals surface area contributed by atoms with Crippen molar-refractivity contribution >= 4 is 56.4 Å². The molecule has 0 aliphatic carbocycles. The van der Waals surface area contributed by atoms with E-state index in [0.29, 0.717) is 27.4 Å². The highest BCUT2D eigenvalue weighted by Crippen LogP contribution is 2.36. The third-order valence-corrected chi connectivity index (χ3v) is 5.56. The van der Waals surface area contributed by atoms with Crippen LogP contribution in [0.3, 0.4) is 0 Å². The number of pyridine rings is 2. The highest BCUT2D eigenvalue weighted by Gasteiger charge is 2.25. The van der Waals surface area contributed by atoms with Gasteiger partial charge in [0.1, 0.15) is 0 Å². The van der Waals surface area contributed by atoms with Gasteiger partial charge in [-0.3, -0.25) is 9.97 Å². The molecule has 33 heavy (non-hydrogen) atoms. The van der Waals surface area contributed by atoms with Crippen LogP contribution in [0.4, 0.5) is 15.8 Å². The normalized spacial score (nSPS) is 12.0. The Morgan fingerprint density at radius 3 is 1.91 bits per heavy atom. The Hall–Kier alpha value is -2.71. The summed E-state index contributed by atoms with van der Waals surface area (Å²) in [7, 11) is 0. The van der Waals surface area contributed by atoms with Crippen LogP contribution in [0.1, 0.15) is 38.8 Å². The number of halogens is 3. The Labute approximate surface area is 201 Å². The first-order valence-electron chi connectivity index (χ1n) is 10.0. The Kier molecular flexibility index (Phi) is 6.73. The van der Waals surface area contributed by atoms with Crippen LogP contribution in [0.5, 0.6) is 0 Å². The molecule has 0 atom stereocenters. The first-order valence-corrected chi connectivity index (χ1v) is 10.8. The molecule has 0 fully saturated rings. The van der Waals surface area contributed by atoms with Gasteiger partial charge < -0.3 is 21.7 Å². The van der Waals surface area contributed by atoms with Crippen molar-refractivity contribution < 1.29 is 14.6 Å². The van der Waals surface area contributed by atoms with E-state index < -0.39 is 17.0 Å². The van der Waals surface area contributed by atoms with Crippen LogP contribution in [0, 0.1) is 5.82 Å². The second kappa shape index (κ2) is 8.91. The lowest BCUT2D eigenvalue weighted by Gasteiger charge is -2.22. The number of aromatic nitrogens is 2. The maximum Gasteiger partial charge on any atom is 0.151 e. The van der Waals surface area contributed by atoms with Crippen LogP contribution < -0.4 is 11.5 Å². The second-order valence-electron chi connectivity index (χ2n) is 8.71. The second-order valence-corrected chi connectivity index (χ2v) is 9.56. The molecule has 2 heterocycles. The largest absolute Gasteiger partial charge is 0.397 e. The number of nitrogen functional groups attached to an aromatic ring is 2. The summed E-state index contributed by atoms with van der Waals surface area (Å²) < 4.78 is 14.0. The van der Waals surface area contributed by atoms with Gasteiger partial charge >= 0.3 is 0 Å². The summed E-state index contributed by atoms with van der Waals surface area (Å²) in [5, 5.41) is 21.7. The number of aliphatic hydroxyl groups is 2. The van der Waals surface area contributed by atoms with E-state index >= 15 is 0 Å². The van der Waals surface area contributed by atoms with Crippen molar-refractivity contribution in [2.24, 2.45) is 0 Å². The van der Waals surface area contributed by atoms with Crippen LogP contribution in [0.2, 0.25) is 10.0 Å². The van der Waals surface area contributed by atoms with Crippen LogP contribution in [-0.4, -0.2) is 20.2 Å². The van der Waals surface area contributed by atoms with Crippen LogP contribution in [0.15, 0.2) is 42.7 Å². The monoisotopic (exact) mass is 490 g/mol. The number of benzene rings is 2. The number of nitrogens with two attached hydrogens (primary N) is 2. The summed E-state index contributed by atoms with van der Waals surface area (Å²) in [4.78, 5) is 8.22. The average molecular weight is 491 g/mol. The third kappa shape index (κ3) is 5.12. The molecule has 2 aromatic carbocycles.